The van der Waals surface area contributed by atoms with Crippen LogP contribution in [0.1, 0.15) is 36.2 Å². The second-order valence-corrected chi connectivity index (χ2v) is 6.24. The minimum Gasteiger partial charge on any atom is -0.343 e. The molecule has 114 valence electrons. The number of piperidine rings is 1. The van der Waals surface area contributed by atoms with Crippen molar-refractivity contribution in [3.8, 4) is 0 Å². The molecule has 1 saturated heterocycles. The van der Waals surface area contributed by atoms with E-state index in [1.807, 2.05) is 30.0 Å². The van der Waals surface area contributed by atoms with Crippen LogP contribution in [-0.2, 0) is 4.79 Å². The molecule has 1 aromatic carbocycles. The zero-order valence-electron chi connectivity index (χ0n) is 13.1. The van der Waals surface area contributed by atoms with Crippen molar-refractivity contribution in [1.29, 1.82) is 0 Å². The molecule has 0 bridgehead atoms. The van der Waals surface area contributed by atoms with E-state index in [2.05, 4.69) is 19.2 Å². The second-order valence-electron chi connectivity index (χ2n) is 6.24. The van der Waals surface area contributed by atoms with E-state index >= 15 is 0 Å². The SMILES string of the molecule is Cc1ccccc1C(=O)NCC(=O)N1CC(C)CC(C)C1. The lowest BCUT2D eigenvalue weighted by molar-refractivity contribution is -0.132. The molecular weight excluding hydrogens is 264 g/mol. The van der Waals surface area contributed by atoms with Crippen LogP contribution >= 0.6 is 0 Å². The molecule has 0 spiro atoms. The first-order valence-electron chi connectivity index (χ1n) is 7.59. The zero-order chi connectivity index (χ0) is 15.4. The molecule has 0 radical (unpaired) electrons. The summed E-state index contributed by atoms with van der Waals surface area (Å²) < 4.78 is 0. The standard InChI is InChI=1S/C17H24N2O2/c1-12-8-13(2)11-19(10-12)16(20)9-18-17(21)15-7-5-4-6-14(15)3/h4-7,12-13H,8-11H2,1-3H3,(H,18,21). The van der Waals surface area contributed by atoms with Crippen LogP contribution in [0.2, 0.25) is 0 Å². The summed E-state index contributed by atoms with van der Waals surface area (Å²) >= 11 is 0. The molecule has 1 aromatic rings. The number of nitrogens with one attached hydrogen (secondary N) is 1. The molecule has 2 rings (SSSR count). The normalized spacial score (nSPS) is 22.0. The Morgan fingerprint density at radius 2 is 1.81 bits per heavy atom. The molecule has 1 aliphatic rings. The highest BCUT2D eigenvalue weighted by atomic mass is 16.2. The van der Waals surface area contributed by atoms with E-state index < -0.39 is 0 Å². The maximum absolute atomic E-state index is 12.2. The molecule has 0 aliphatic carbocycles. The topological polar surface area (TPSA) is 49.4 Å². The van der Waals surface area contributed by atoms with Crippen molar-refractivity contribution < 1.29 is 9.59 Å². The third kappa shape index (κ3) is 4.06. The van der Waals surface area contributed by atoms with Crippen LogP contribution in [0.5, 0.6) is 0 Å². The van der Waals surface area contributed by atoms with Crippen molar-refractivity contribution in [2.45, 2.75) is 27.2 Å². The highest BCUT2D eigenvalue weighted by Gasteiger charge is 2.25. The van der Waals surface area contributed by atoms with Gasteiger partial charge in [-0.15, -0.1) is 0 Å². The van der Waals surface area contributed by atoms with E-state index in [4.69, 9.17) is 0 Å². The molecule has 0 aromatic heterocycles. The average molecular weight is 288 g/mol. The van der Waals surface area contributed by atoms with Gasteiger partial charge in [-0.05, 0) is 36.8 Å². The molecule has 2 unspecified atom stereocenters. The van der Waals surface area contributed by atoms with E-state index in [0.29, 0.717) is 17.4 Å². The monoisotopic (exact) mass is 288 g/mol. The summed E-state index contributed by atoms with van der Waals surface area (Å²) in [5.74, 6) is 0.893. The van der Waals surface area contributed by atoms with Gasteiger partial charge in [0.15, 0.2) is 0 Å². The van der Waals surface area contributed by atoms with Crippen LogP contribution in [0.25, 0.3) is 0 Å². The van der Waals surface area contributed by atoms with Crippen LogP contribution in [0.15, 0.2) is 24.3 Å². The largest absolute Gasteiger partial charge is 0.343 e. The predicted molar refractivity (Wildman–Crippen MR) is 83.0 cm³/mol. The Bertz CT molecular complexity index is 517. The summed E-state index contributed by atoms with van der Waals surface area (Å²) in [5.41, 5.74) is 1.55. The van der Waals surface area contributed by atoms with Crippen LogP contribution in [0.4, 0.5) is 0 Å². The molecule has 4 nitrogen and oxygen atoms in total. The lowest BCUT2D eigenvalue weighted by Gasteiger charge is -2.35. The number of rotatable bonds is 3. The van der Waals surface area contributed by atoms with Gasteiger partial charge in [-0.3, -0.25) is 9.59 Å². The third-order valence-corrected chi connectivity index (χ3v) is 4.01. The Morgan fingerprint density at radius 3 is 2.43 bits per heavy atom. The maximum atomic E-state index is 12.2. The Morgan fingerprint density at radius 1 is 1.19 bits per heavy atom. The number of aryl methyl sites for hydroxylation is 1. The van der Waals surface area contributed by atoms with Gasteiger partial charge in [0, 0.05) is 18.7 Å². The van der Waals surface area contributed by atoms with Gasteiger partial charge in [-0.25, -0.2) is 0 Å². The second kappa shape index (κ2) is 6.74. The van der Waals surface area contributed by atoms with Crippen LogP contribution in [-0.4, -0.2) is 36.3 Å². The summed E-state index contributed by atoms with van der Waals surface area (Å²) in [4.78, 5) is 26.2. The van der Waals surface area contributed by atoms with Gasteiger partial charge in [0.05, 0.1) is 6.54 Å². The first-order chi connectivity index (χ1) is 9.97. The van der Waals surface area contributed by atoms with Crippen LogP contribution in [0.3, 0.4) is 0 Å². The Kier molecular flexibility index (Phi) is 4.99. The summed E-state index contributed by atoms with van der Waals surface area (Å²) in [6.45, 7) is 7.90. The summed E-state index contributed by atoms with van der Waals surface area (Å²) in [7, 11) is 0. The molecule has 2 atom stereocenters. The van der Waals surface area contributed by atoms with Gasteiger partial charge in [-0.1, -0.05) is 32.0 Å². The predicted octanol–water partition coefficient (Wildman–Crippen LogP) is 2.23. The molecule has 0 saturated carbocycles. The van der Waals surface area contributed by atoms with Gasteiger partial charge in [0.25, 0.3) is 5.91 Å². The number of likely N-dealkylation sites (tertiary alicyclic amines) is 1. The molecule has 21 heavy (non-hydrogen) atoms. The quantitative estimate of drug-likeness (QED) is 0.927. The molecular formula is C17H24N2O2. The summed E-state index contributed by atoms with van der Waals surface area (Å²) in [5, 5.41) is 2.74. The molecule has 1 N–H and O–H groups in total. The Hall–Kier alpha value is -1.84. The number of hydrogen-bond acceptors (Lipinski definition) is 2. The van der Waals surface area contributed by atoms with Gasteiger partial charge >= 0.3 is 0 Å². The van der Waals surface area contributed by atoms with E-state index in [-0.39, 0.29) is 18.4 Å². The lowest BCUT2D eigenvalue weighted by atomic mass is 9.92. The first kappa shape index (κ1) is 15.5. The number of hydrogen-bond donors (Lipinski definition) is 1. The van der Waals surface area contributed by atoms with Gasteiger partial charge in [-0.2, -0.15) is 0 Å². The van der Waals surface area contributed by atoms with Crippen molar-refractivity contribution in [3.63, 3.8) is 0 Å². The third-order valence-electron chi connectivity index (χ3n) is 4.01. The number of carbonyl (C=O) groups excluding carboxylic acids is 2. The zero-order valence-corrected chi connectivity index (χ0v) is 13.1. The first-order valence-corrected chi connectivity index (χ1v) is 7.59. The Balaban J connectivity index is 1.89. The lowest BCUT2D eigenvalue weighted by Crippen LogP contribution is -2.46. The van der Waals surface area contributed by atoms with Crippen molar-refractivity contribution >= 4 is 11.8 Å². The van der Waals surface area contributed by atoms with E-state index in [0.717, 1.165) is 18.7 Å². The molecule has 2 amide bonds. The Labute approximate surface area is 126 Å². The molecule has 1 heterocycles. The highest BCUT2D eigenvalue weighted by molar-refractivity contribution is 5.97. The fourth-order valence-corrected chi connectivity index (χ4v) is 3.06. The van der Waals surface area contributed by atoms with Gasteiger partial charge in [0.1, 0.15) is 0 Å². The van der Waals surface area contributed by atoms with Gasteiger partial charge < -0.3 is 10.2 Å². The number of benzene rings is 1. The fourth-order valence-electron chi connectivity index (χ4n) is 3.06. The van der Waals surface area contributed by atoms with E-state index in [1.54, 1.807) is 6.07 Å². The van der Waals surface area contributed by atoms with Crippen molar-refractivity contribution in [3.05, 3.63) is 35.4 Å². The maximum Gasteiger partial charge on any atom is 0.251 e. The average Bonchev–Trinajstić information content (AvgIpc) is 2.43. The minimum absolute atomic E-state index is 0.00957. The summed E-state index contributed by atoms with van der Waals surface area (Å²) in [6.07, 6.45) is 1.17. The molecule has 1 fully saturated rings. The minimum atomic E-state index is -0.181. The van der Waals surface area contributed by atoms with Crippen molar-refractivity contribution in [2.75, 3.05) is 19.6 Å². The highest BCUT2D eigenvalue weighted by Crippen LogP contribution is 2.20. The number of amides is 2. The van der Waals surface area contributed by atoms with Crippen LogP contribution < -0.4 is 5.32 Å². The van der Waals surface area contributed by atoms with Gasteiger partial charge in [0.2, 0.25) is 5.91 Å². The summed E-state index contributed by atoms with van der Waals surface area (Å²) in [6, 6.07) is 7.40. The fraction of sp³-hybridized carbons (Fsp3) is 0.529. The van der Waals surface area contributed by atoms with Crippen molar-refractivity contribution in [2.24, 2.45) is 11.8 Å². The number of nitrogens with zero attached hydrogens (tertiary/aromatic N) is 1. The van der Waals surface area contributed by atoms with E-state index in [1.165, 1.54) is 6.42 Å². The number of carbonyl (C=O) groups is 2. The smallest absolute Gasteiger partial charge is 0.251 e. The molecule has 1 aliphatic heterocycles. The van der Waals surface area contributed by atoms with Crippen LogP contribution in [0, 0.1) is 18.8 Å². The van der Waals surface area contributed by atoms with E-state index in [9.17, 15) is 9.59 Å². The van der Waals surface area contributed by atoms with Crippen molar-refractivity contribution in [1.82, 2.24) is 10.2 Å². The molecule has 4 heteroatoms.